The van der Waals surface area contributed by atoms with Gasteiger partial charge in [0, 0.05) is 32.7 Å². The van der Waals surface area contributed by atoms with E-state index in [1.54, 1.807) is 0 Å². The van der Waals surface area contributed by atoms with Crippen molar-refractivity contribution in [3.63, 3.8) is 0 Å². The van der Waals surface area contributed by atoms with E-state index in [1.165, 1.54) is 11.0 Å². The molecule has 2 aliphatic rings. The van der Waals surface area contributed by atoms with E-state index in [2.05, 4.69) is 15.1 Å². The van der Waals surface area contributed by atoms with E-state index < -0.39 is 0 Å². The van der Waals surface area contributed by atoms with Gasteiger partial charge in [-0.05, 0) is 30.9 Å². The van der Waals surface area contributed by atoms with Crippen LogP contribution in [0, 0.1) is 5.92 Å². The molecule has 1 aromatic carbocycles. The second kappa shape index (κ2) is 6.93. The van der Waals surface area contributed by atoms with Crippen LogP contribution in [0.3, 0.4) is 0 Å². The van der Waals surface area contributed by atoms with Crippen LogP contribution >= 0.6 is 0 Å². The lowest BCUT2D eigenvalue weighted by molar-refractivity contribution is 0.0484. The Morgan fingerprint density at radius 1 is 1.16 bits per heavy atom. The SMILES string of the molecule is O=C(c1cnn(-c2ccccc2)n1)N1CCN(CC(O)C2CC2)CC1. The zero-order valence-electron chi connectivity index (χ0n) is 14.2. The average Bonchev–Trinajstić information content (AvgIpc) is 3.39. The van der Waals surface area contributed by atoms with E-state index in [1.807, 2.05) is 35.2 Å². The number of rotatable bonds is 5. The summed E-state index contributed by atoms with van der Waals surface area (Å²) in [5, 5.41) is 18.6. The monoisotopic (exact) mass is 341 g/mol. The topological polar surface area (TPSA) is 74.5 Å². The normalized spacial score (nSPS) is 19.8. The van der Waals surface area contributed by atoms with Crippen molar-refractivity contribution < 1.29 is 9.90 Å². The van der Waals surface area contributed by atoms with E-state index in [-0.39, 0.29) is 12.0 Å². The Morgan fingerprint density at radius 3 is 2.56 bits per heavy atom. The van der Waals surface area contributed by atoms with Crippen molar-refractivity contribution in [2.24, 2.45) is 5.92 Å². The maximum absolute atomic E-state index is 12.6. The molecule has 1 saturated heterocycles. The van der Waals surface area contributed by atoms with Gasteiger partial charge in [-0.3, -0.25) is 9.69 Å². The lowest BCUT2D eigenvalue weighted by Gasteiger charge is -2.35. The summed E-state index contributed by atoms with van der Waals surface area (Å²) in [6.45, 7) is 3.63. The van der Waals surface area contributed by atoms with Gasteiger partial charge in [-0.1, -0.05) is 18.2 Å². The van der Waals surface area contributed by atoms with E-state index in [9.17, 15) is 9.90 Å². The molecule has 7 heteroatoms. The van der Waals surface area contributed by atoms with Gasteiger partial charge in [-0.15, -0.1) is 5.10 Å². The first-order valence-electron chi connectivity index (χ1n) is 8.88. The number of amides is 1. The van der Waals surface area contributed by atoms with E-state index in [0.29, 0.717) is 24.7 Å². The molecule has 1 amide bonds. The fraction of sp³-hybridized carbons (Fsp3) is 0.500. The summed E-state index contributed by atoms with van der Waals surface area (Å²) in [5.41, 5.74) is 1.20. The van der Waals surface area contributed by atoms with Crippen LogP contribution in [0.2, 0.25) is 0 Å². The maximum Gasteiger partial charge on any atom is 0.276 e. The number of carbonyl (C=O) groups is 1. The zero-order chi connectivity index (χ0) is 17.2. The standard InChI is InChI=1S/C18H23N5O2/c24-17(14-6-7-14)13-21-8-10-22(11-9-21)18(25)16-12-19-23(20-16)15-4-2-1-3-5-15/h1-5,12,14,17,24H,6-11,13H2. The van der Waals surface area contributed by atoms with E-state index in [4.69, 9.17) is 0 Å². The van der Waals surface area contributed by atoms with Gasteiger partial charge >= 0.3 is 0 Å². The van der Waals surface area contributed by atoms with Crippen molar-refractivity contribution in [2.45, 2.75) is 18.9 Å². The number of aromatic nitrogens is 3. The quantitative estimate of drug-likeness (QED) is 0.871. The summed E-state index contributed by atoms with van der Waals surface area (Å²) in [7, 11) is 0. The number of aliphatic hydroxyl groups excluding tert-OH is 1. The molecule has 0 bridgehead atoms. The van der Waals surface area contributed by atoms with Crippen LogP contribution in [0.25, 0.3) is 5.69 Å². The van der Waals surface area contributed by atoms with Crippen LogP contribution in [0.15, 0.2) is 36.5 Å². The Labute approximate surface area is 146 Å². The van der Waals surface area contributed by atoms with Crippen LogP contribution in [0.4, 0.5) is 0 Å². The second-order valence-electron chi connectivity index (χ2n) is 6.85. The van der Waals surface area contributed by atoms with Gasteiger partial charge in [0.15, 0.2) is 5.69 Å². The first kappa shape index (κ1) is 16.2. The molecular formula is C18H23N5O2. The summed E-state index contributed by atoms with van der Waals surface area (Å²) in [5.74, 6) is 0.414. The van der Waals surface area contributed by atoms with Gasteiger partial charge in [-0.2, -0.15) is 9.90 Å². The molecule has 1 N–H and O–H groups in total. The molecule has 1 atom stereocenters. The molecule has 2 fully saturated rings. The van der Waals surface area contributed by atoms with Crippen molar-refractivity contribution in [3.05, 3.63) is 42.2 Å². The summed E-state index contributed by atoms with van der Waals surface area (Å²) >= 11 is 0. The summed E-state index contributed by atoms with van der Waals surface area (Å²) in [6, 6.07) is 9.56. The molecule has 2 heterocycles. The first-order valence-corrected chi connectivity index (χ1v) is 8.88. The highest BCUT2D eigenvalue weighted by Crippen LogP contribution is 2.32. The lowest BCUT2D eigenvalue weighted by atomic mass is 10.2. The Morgan fingerprint density at radius 2 is 1.88 bits per heavy atom. The third-order valence-electron chi connectivity index (χ3n) is 4.97. The Bertz CT molecular complexity index is 720. The van der Waals surface area contributed by atoms with Crippen molar-refractivity contribution in [3.8, 4) is 5.69 Å². The molecule has 1 aliphatic carbocycles. The first-order chi connectivity index (χ1) is 12.2. The number of nitrogens with zero attached hydrogens (tertiary/aromatic N) is 5. The predicted molar refractivity (Wildman–Crippen MR) is 92.4 cm³/mol. The van der Waals surface area contributed by atoms with Gasteiger partial charge in [0.1, 0.15) is 0 Å². The van der Waals surface area contributed by atoms with Crippen molar-refractivity contribution in [1.82, 2.24) is 24.8 Å². The number of β-amino-alcohol motifs (C(OH)–C–C–N with tert-alkyl or cyclic N) is 1. The fourth-order valence-corrected chi connectivity index (χ4v) is 3.24. The van der Waals surface area contributed by atoms with Gasteiger partial charge in [0.25, 0.3) is 5.91 Å². The number of para-hydroxylation sites is 1. The summed E-state index contributed by atoms with van der Waals surface area (Å²) in [4.78, 5) is 18.2. The second-order valence-corrected chi connectivity index (χ2v) is 6.85. The zero-order valence-corrected chi connectivity index (χ0v) is 14.2. The van der Waals surface area contributed by atoms with E-state index in [0.717, 1.165) is 38.2 Å². The van der Waals surface area contributed by atoms with Gasteiger partial charge in [0.05, 0.1) is 18.0 Å². The average molecular weight is 341 g/mol. The minimum absolute atomic E-state index is 0.0791. The highest BCUT2D eigenvalue weighted by atomic mass is 16.3. The third-order valence-corrected chi connectivity index (χ3v) is 4.97. The van der Waals surface area contributed by atoms with Crippen molar-refractivity contribution >= 4 is 5.91 Å². The molecule has 7 nitrogen and oxygen atoms in total. The molecule has 0 spiro atoms. The van der Waals surface area contributed by atoms with Gasteiger partial charge in [0.2, 0.25) is 0 Å². The number of piperazine rings is 1. The summed E-state index contributed by atoms with van der Waals surface area (Å²) in [6.07, 6.45) is 3.61. The maximum atomic E-state index is 12.6. The lowest BCUT2D eigenvalue weighted by Crippen LogP contribution is -2.50. The minimum Gasteiger partial charge on any atom is -0.392 e. The van der Waals surface area contributed by atoms with Crippen molar-refractivity contribution in [1.29, 1.82) is 0 Å². The molecular weight excluding hydrogens is 318 g/mol. The highest BCUT2D eigenvalue weighted by molar-refractivity contribution is 5.92. The largest absolute Gasteiger partial charge is 0.392 e. The number of benzene rings is 1. The molecule has 1 saturated carbocycles. The summed E-state index contributed by atoms with van der Waals surface area (Å²) < 4.78 is 0. The minimum atomic E-state index is -0.215. The molecule has 2 aromatic rings. The number of hydrogen-bond donors (Lipinski definition) is 1. The van der Waals surface area contributed by atoms with Crippen LogP contribution < -0.4 is 0 Å². The molecule has 1 aliphatic heterocycles. The Kier molecular flexibility index (Phi) is 4.50. The fourth-order valence-electron chi connectivity index (χ4n) is 3.24. The molecule has 0 radical (unpaired) electrons. The van der Waals surface area contributed by atoms with Crippen LogP contribution in [0.1, 0.15) is 23.3 Å². The number of hydrogen-bond acceptors (Lipinski definition) is 5. The van der Waals surface area contributed by atoms with Gasteiger partial charge in [-0.25, -0.2) is 0 Å². The number of aliphatic hydroxyl groups is 1. The van der Waals surface area contributed by atoms with E-state index >= 15 is 0 Å². The van der Waals surface area contributed by atoms with Crippen LogP contribution in [-0.2, 0) is 0 Å². The molecule has 132 valence electrons. The van der Waals surface area contributed by atoms with Gasteiger partial charge < -0.3 is 10.0 Å². The number of carbonyl (C=O) groups excluding carboxylic acids is 1. The third kappa shape index (κ3) is 3.72. The molecule has 25 heavy (non-hydrogen) atoms. The Balaban J connectivity index is 1.34. The smallest absolute Gasteiger partial charge is 0.276 e. The predicted octanol–water partition coefficient (Wildman–Crippen LogP) is 0.796. The van der Waals surface area contributed by atoms with Crippen LogP contribution in [0.5, 0.6) is 0 Å². The van der Waals surface area contributed by atoms with Crippen LogP contribution in [-0.4, -0.2) is 74.6 Å². The Hall–Kier alpha value is -2.25. The highest BCUT2D eigenvalue weighted by Gasteiger charge is 2.32. The molecule has 1 aromatic heterocycles. The van der Waals surface area contributed by atoms with Crippen molar-refractivity contribution in [2.75, 3.05) is 32.7 Å². The molecule has 4 rings (SSSR count). The molecule has 1 unspecified atom stereocenters.